The van der Waals surface area contributed by atoms with E-state index in [0.29, 0.717) is 29.0 Å². The van der Waals surface area contributed by atoms with Crippen LogP contribution in [-0.4, -0.2) is 25.8 Å². The average Bonchev–Trinajstić information content (AvgIpc) is 2.98. The molecule has 0 spiro atoms. The highest BCUT2D eigenvalue weighted by atomic mass is 16.7. The van der Waals surface area contributed by atoms with Gasteiger partial charge < -0.3 is 9.47 Å². The van der Waals surface area contributed by atoms with Crippen molar-refractivity contribution in [1.82, 2.24) is 0 Å². The SMILES string of the molecule is C=C[C@]12CC[C@H]3[C@@H](CC[C@H]4CC(OC)(OC)CC[C@@]43C)[C@@H]1CCC2=O. The van der Waals surface area contributed by atoms with Crippen LogP contribution in [-0.2, 0) is 14.3 Å². The molecule has 140 valence electrons. The number of rotatable bonds is 3. The minimum Gasteiger partial charge on any atom is -0.353 e. The van der Waals surface area contributed by atoms with Gasteiger partial charge in [-0.1, -0.05) is 13.0 Å². The standard InChI is InChI=1S/C22H34O3/c1-5-21-11-10-17-16(18(21)8-9-19(21)23)7-6-15-14-22(24-3,25-4)13-12-20(15,17)2/h5,15-18H,1,6-14H2,2-4H3/t15-,16+,17-,18-,20-,21-/m0/s1. The lowest BCUT2D eigenvalue weighted by molar-refractivity contribution is -0.260. The van der Waals surface area contributed by atoms with Gasteiger partial charge >= 0.3 is 0 Å². The number of carbonyl (C=O) groups is 1. The lowest BCUT2D eigenvalue weighted by Gasteiger charge is -2.61. The van der Waals surface area contributed by atoms with Crippen LogP contribution < -0.4 is 0 Å². The molecule has 0 aromatic carbocycles. The summed E-state index contributed by atoms with van der Waals surface area (Å²) in [5, 5.41) is 0. The predicted molar refractivity (Wildman–Crippen MR) is 98.0 cm³/mol. The number of hydrogen-bond donors (Lipinski definition) is 0. The molecule has 0 radical (unpaired) electrons. The van der Waals surface area contributed by atoms with E-state index in [9.17, 15) is 4.79 Å². The molecule has 0 unspecified atom stereocenters. The second-order valence-electron chi connectivity index (χ2n) is 9.43. The van der Waals surface area contributed by atoms with Gasteiger partial charge in [-0.3, -0.25) is 4.79 Å². The van der Waals surface area contributed by atoms with Gasteiger partial charge in [-0.25, -0.2) is 0 Å². The molecule has 0 N–H and O–H groups in total. The van der Waals surface area contributed by atoms with E-state index in [2.05, 4.69) is 13.5 Å². The number of hydrogen-bond acceptors (Lipinski definition) is 3. The molecule has 3 heteroatoms. The summed E-state index contributed by atoms with van der Waals surface area (Å²) in [6.07, 6.45) is 11.8. The first-order valence-electron chi connectivity index (χ1n) is 10.2. The summed E-state index contributed by atoms with van der Waals surface area (Å²) in [7, 11) is 3.59. The number of carbonyl (C=O) groups excluding carboxylic acids is 1. The number of ether oxygens (including phenoxy) is 2. The molecule has 0 amide bonds. The minimum atomic E-state index is -0.375. The third kappa shape index (κ3) is 2.27. The lowest BCUT2D eigenvalue weighted by atomic mass is 9.44. The van der Waals surface area contributed by atoms with E-state index in [-0.39, 0.29) is 11.2 Å². The zero-order chi connectivity index (χ0) is 17.9. The first-order valence-corrected chi connectivity index (χ1v) is 10.2. The molecule has 0 bridgehead atoms. The van der Waals surface area contributed by atoms with Crippen molar-refractivity contribution in [3.63, 3.8) is 0 Å². The zero-order valence-corrected chi connectivity index (χ0v) is 16.2. The summed E-state index contributed by atoms with van der Waals surface area (Å²) in [4.78, 5) is 12.7. The Bertz CT molecular complexity index is 566. The van der Waals surface area contributed by atoms with Crippen molar-refractivity contribution in [1.29, 1.82) is 0 Å². The highest BCUT2D eigenvalue weighted by Crippen LogP contribution is 2.66. The average molecular weight is 347 g/mol. The highest BCUT2D eigenvalue weighted by Gasteiger charge is 2.62. The van der Waals surface area contributed by atoms with Gasteiger partial charge in [0.25, 0.3) is 0 Å². The predicted octanol–water partition coefficient (Wildman–Crippen LogP) is 4.75. The molecule has 3 nitrogen and oxygen atoms in total. The van der Waals surface area contributed by atoms with Crippen molar-refractivity contribution in [3.8, 4) is 0 Å². The van der Waals surface area contributed by atoms with Gasteiger partial charge in [-0.15, -0.1) is 6.58 Å². The molecule has 4 rings (SSSR count). The number of Topliss-reactive ketones (excluding diaryl/α,β-unsaturated/α-hetero) is 1. The van der Waals surface area contributed by atoms with Crippen LogP contribution in [0.15, 0.2) is 12.7 Å². The summed E-state index contributed by atoms with van der Waals surface area (Å²) in [5.41, 5.74) is 0.185. The second-order valence-corrected chi connectivity index (χ2v) is 9.43. The van der Waals surface area contributed by atoms with Crippen LogP contribution in [0.1, 0.15) is 64.7 Å². The summed E-state index contributed by atoms with van der Waals surface area (Å²) in [5.74, 6) is 2.78. The van der Waals surface area contributed by atoms with Gasteiger partial charge in [0.2, 0.25) is 0 Å². The van der Waals surface area contributed by atoms with Gasteiger partial charge in [-0.05, 0) is 67.6 Å². The Labute approximate surface area is 152 Å². The van der Waals surface area contributed by atoms with Crippen LogP contribution in [0.4, 0.5) is 0 Å². The van der Waals surface area contributed by atoms with E-state index in [4.69, 9.17) is 9.47 Å². The Morgan fingerprint density at radius 2 is 1.80 bits per heavy atom. The first kappa shape index (κ1) is 17.7. The Hall–Kier alpha value is -0.670. The number of ketones is 1. The zero-order valence-electron chi connectivity index (χ0n) is 16.2. The number of allylic oxidation sites excluding steroid dienone is 1. The summed E-state index contributed by atoms with van der Waals surface area (Å²) in [6, 6.07) is 0. The van der Waals surface area contributed by atoms with Crippen LogP contribution in [0.3, 0.4) is 0 Å². The third-order valence-electron chi connectivity index (χ3n) is 9.10. The second kappa shape index (κ2) is 5.92. The Kier molecular flexibility index (Phi) is 4.20. The summed E-state index contributed by atoms with van der Waals surface area (Å²) in [6.45, 7) is 6.62. The van der Waals surface area contributed by atoms with Gasteiger partial charge in [0.1, 0.15) is 5.78 Å². The molecule has 0 aromatic rings. The third-order valence-corrected chi connectivity index (χ3v) is 9.10. The molecule has 0 aromatic heterocycles. The van der Waals surface area contributed by atoms with Crippen molar-refractivity contribution in [2.24, 2.45) is 34.5 Å². The van der Waals surface area contributed by atoms with Gasteiger partial charge in [0.15, 0.2) is 5.79 Å². The summed E-state index contributed by atoms with van der Waals surface area (Å²) < 4.78 is 11.6. The van der Waals surface area contributed by atoms with E-state index in [1.807, 2.05) is 6.08 Å². The van der Waals surface area contributed by atoms with Crippen LogP contribution >= 0.6 is 0 Å². The van der Waals surface area contributed by atoms with Crippen molar-refractivity contribution < 1.29 is 14.3 Å². The molecule has 4 fully saturated rings. The van der Waals surface area contributed by atoms with Crippen LogP contribution in [0.5, 0.6) is 0 Å². The normalized spacial score (nSPS) is 48.4. The lowest BCUT2D eigenvalue weighted by Crippen LogP contribution is -2.56. The Morgan fingerprint density at radius 1 is 1.04 bits per heavy atom. The Balaban J connectivity index is 1.62. The summed E-state index contributed by atoms with van der Waals surface area (Å²) >= 11 is 0. The van der Waals surface area contributed by atoms with Crippen LogP contribution in [0.2, 0.25) is 0 Å². The molecule has 6 atom stereocenters. The van der Waals surface area contributed by atoms with E-state index in [1.165, 1.54) is 25.7 Å². The van der Waals surface area contributed by atoms with Crippen molar-refractivity contribution in [3.05, 3.63) is 12.7 Å². The van der Waals surface area contributed by atoms with E-state index < -0.39 is 0 Å². The van der Waals surface area contributed by atoms with Crippen molar-refractivity contribution in [2.75, 3.05) is 14.2 Å². The minimum absolute atomic E-state index is 0.193. The van der Waals surface area contributed by atoms with Gasteiger partial charge in [0.05, 0.1) is 0 Å². The fourth-order valence-corrected chi connectivity index (χ4v) is 7.52. The number of methoxy groups -OCH3 is 2. The van der Waals surface area contributed by atoms with E-state index in [1.54, 1.807) is 14.2 Å². The fraction of sp³-hybridized carbons (Fsp3) is 0.864. The quantitative estimate of drug-likeness (QED) is 0.546. The fourth-order valence-electron chi connectivity index (χ4n) is 7.52. The van der Waals surface area contributed by atoms with E-state index in [0.717, 1.165) is 38.0 Å². The molecule has 0 aliphatic heterocycles. The molecular weight excluding hydrogens is 312 g/mol. The molecule has 25 heavy (non-hydrogen) atoms. The molecule has 0 heterocycles. The van der Waals surface area contributed by atoms with E-state index >= 15 is 0 Å². The van der Waals surface area contributed by atoms with Crippen LogP contribution in [0, 0.1) is 34.5 Å². The van der Waals surface area contributed by atoms with Gasteiger partial charge in [0, 0.05) is 38.9 Å². The Morgan fingerprint density at radius 3 is 2.48 bits per heavy atom. The van der Waals surface area contributed by atoms with Crippen LogP contribution in [0.25, 0.3) is 0 Å². The molecule has 4 saturated carbocycles. The molecule has 4 aliphatic carbocycles. The molecule has 0 saturated heterocycles. The maximum absolute atomic E-state index is 12.7. The maximum atomic E-state index is 12.7. The largest absolute Gasteiger partial charge is 0.353 e. The van der Waals surface area contributed by atoms with Crippen molar-refractivity contribution >= 4 is 5.78 Å². The highest BCUT2D eigenvalue weighted by molar-refractivity contribution is 5.89. The van der Waals surface area contributed by atoms with Gasteiger partial charge in [-0.2, -0.15) is 0 Å². The van der Waals surface area contributed by atoms with Crippen molar-refractivity contribution in [2.45, 2.75) is 70.5 Å². The topological polar surface area (TPSA) is 35.5 Å². The monoisotopic (exact) mass is 346 g/mol. The number of fused-ring (bicyclic) bond motifs is 5. The smallest absolute Gasteiger partial charge is 0.167 e. The maximum Gasteiger partial charge on any atom is 0.167 e. The first-order chi connectivity index (χ1) is 11.9. The molecular formula is C22H34O3. The molecule has 4 aliphatic rings.